The van der Waals surface area contributed by atoms with E-state index in [9.17, 15) is 4.79 Å². The third-order valence-electron chi connectivity index (χ3n) is 2.32. The summed E-state index contributed by atoms with van der Waals surface area (Å²) >= 11 is 3.33. The van der Waals surface area contributed by atoms with Crippen molar-refractivity contribution in [2.24, 2.45) is 5.73 Å². The quantitative estimate of drug-likeness (QED) is 0.873. The summed E-state index contributed by atoms with van der Waals surface area (Å²) in [7, 11) is 0. The Kier molecular flexibility index (Phi) is 3.42. The highest BCUT2D eigenvalue weighted by Gasteiger charge is 2.10. The van der Waals surface area contributed by atoms with Gasteiger partial charge in [-0.15, -0.1) is 0 Å². The molecule has 0 aliphatic heterocycles. The van der Waals surface area contributed by atoms with Crippen LogP contribution in [0.5, 0.6) is 0 Å². The van der Waals surface area contributed by atoms with Crippen molar-refractivity contribution in [2.45, 2.75) is 19.8 Å². The summed E-state index contributed by atoms with van der Waals surface area (Å²) in [5.74, 6) is 0.981. The minimum atomic E-state index is -0.515. The molecule has 94 valence electrons. The van der Waals surface area contributed by atoms with Crippen molar-refractivity contribution in [1.82, 2.24) is 19.7 Å². The van der Waals surface area contributed by atoms with Crippen LogP contribution in [0.15, 0.2) is 23.1 Å². The third-order valence-corrected chi connectivity index (χ3v) is 2.72. The van der Waals surface area contributed by atoms with Gasteiger partial charge in [-0.05, 0) is 15.9 Å². The summed E-state index contributed by atoms with van der Waals surface area (Å²) in [6.07, 6.45) is 2.95. The van der Waals surface area contributed by atoms with Crippen molar-refractivity contribution >= 4 is 21.8 Å². The summed E-state index contributed by atoms with van der Waals surface area (Å²) in [5.41, 5.74) is 5.52. The minimum Gasteiger partial charge on any atom is -0.366 e. The van der Waals surface area contributed by atoms with E-state index in [0.29, 0.717) is 21.8 Å². The molecule has 2 rings (SSSR count). The van der Waals surface area contributed by atoms with E-state index >= 15 is 0 Å². The number of amides is 1. The van der Waals surface area contributed by atoms with Gasteiger partial charge in [0.1, 0.15) is 10.4 Å². The molecule has 0 aliphatic carbocycles. The normalized spacial score (nSPS) is 10.9. The van der Waals surface area contributed by atoms with E-state index in [1.54, 1.807) is 12.3 Å². The molecule has 2 N–H and O–H groups in total. The Morgan fingerprint density at radius 2 is 2.17 bits per heavy atom. The van der Waals surface area contributed by atoms with Crippen LogP contribution in [-0.4, -0.2) is 25.7 Å². The summed E-state index contributed by atoms with van der Waals surface area (Å²) in [5, 5.41) is 4.05. The Hall–Kier alpha value is -1.76. The number of hydrogen-bond donors (Lipinski definition) is 1. The number of carbonyl (C=O) groups is 1. The van der Waals surface area contributed by atoms with Gasteiger partial charge >= 0.3 is 0 Å². The molecule has 0 unspecified atom stereocenters. The van der Waals surface area contributed by atoms with E-state index in [1.165, 1.54) is 10.9 Å². The zero-order valence-electron chi connectivity index (χ0n) is 9.96. The molecule has 0 saturated carbocycles. The van der Waals surface area contributed by atoms with Gasteiger partial charge in [0, 0.05) is 18.2 Å². The average Bonchev–Trinajstić information content (AvgIpc) is 2.77. The molecule has 2 aromatic rings. The fraction of sp³-hybridized carbons (Fsp3) is 0.273. The number of aromatic nitrogens is 4. The zero-order chi connectivity index (χ0) is 13.3. The highest BCUT2D eigenvalue weighted by molar-refractivity contribution is 9.10. The third kappa shape index (κ3) is 2.56. The number of nitrogens with zero attached hydrogens (tertiary/aromatic N) is 4. The van der Waals surface area contributed by atoms with E-state index in [-0.39, 0.29) is 5.92 Å². The molecular formula is C11H12BrN5O. The predicted molar refractivity (Wildman–Crippen MR) is 69.5 cm³/mol. The first kappa shape index (κ1) is 12.7. The summed E-state index contributed by atoms with van der Waals surface area (Å²) in [6.45, 7) is 4.01. The van der Waals surface area contributed by atoms with Gasteiger partial charge in [0.25, 0.3) is 5.91 Å². The summed E-state index contributed by atoms with van der Waals surface area (Å²) in [4.78, 5) is 19.7. The molecule has 0 aromatic carbocycles. The maximum atomic E-state index is 11.0. The van der Waals surface area contributed by atoms with E-state index in [0.717, 1.165) is 0 Å². The molecule has 0 radical (unpaired) electrons. The van der Waals surface area contributed by atoms with Crippen LogP contribution in [0.1, 0.15) is 35.9 Å². The lowest BCUT2D eigenvalue weighted by atomic mass is 10.2. The lowest BCUT2D eigenvalue weighted by Crippen LogP contribution is -2.09. The van der Waals surface area contributed by atoms with Crippen LogP contribution in [0, 0.1) is 0 Å². The van der Waals surface area contributed by atoms with Crippen LogP contribution < -0.4 is 5.73 Å². The maximum Gasteiger partial charge on any atom is 0.251 e. The van der Waals surface area contributed by atoms with Gasteiger partial charge in [-0.1, -0.05) is 13.8 Å². The standard InChI is InChI=1S/C11H12BrN5O/c1-6(2)11-15-8(12)3-9(16-11)17-5-7(4-14-17)10(13)18/h3-6H,1-2H3,(H2,13,18). The minimum absolute atomic E-state index is 0.201. The maximum absolute atomic E-state index is 11.0. The molecular weight excluding hydrogens is 298 g/mol. The van der Waals surface area contributed by atoms with Gasteiger partial charge < -0.3 is 5.73 Å². The second-order valence-corrected chi connectivity index (χ2v) is 4.91. The Labute approximate surface area is 112 Å². The van der Waals surface area contributed by atoms with Crippen LogP contribution in [0.25, 0.3) is 5.82 Å². The van der Waals surface area contributed by atoms with Crippen molar-refractivity contribution in [3.63, 3.8) is 0 Å². The molecule has 0 bridgehead atoms. The molecule has 2 aromatic heterocycles. The highest BCUT2D eigenvalue weighted by Crippen LogP contribution is 2.17. The summed E-state index contributed by atoms with van der Waals surface area (Å²) in [6, 6.07) is 1.73. The van der Waals surface area contributed by atoms with Gasteiger partial charge in [0.15, 0.2) is 5.82 Å². The largest absolute Gasteiger partial charge is 0.366 e. The van der Waals surface area contributed by atoms with Gasteiger partial charge in [0.05, 0.1) is 11.8 Å². The van der Waals surface area contributed by atoms with Crippen LogP contribution in [-0.2, 0) is 0 Å². The van der Waals surface area contributed by atoms with Crippen molar-refractivity contribution in [3.05, 3.63) is 34.5 Å². The number of hydrogen-bond acceptors (Lipinski definition) is 4. The van der Waals surface area contributed by atoms with E-state index in [2.05, 4.69) is 31.0 Å². The van der Waals surface area contributed by atoms with Gasteiger partial charge in [-0.3, -0.25) is 4.79 Å². The Bertz CT molecular complexity index is 593. The zero-order valence-corrected chi connectivity index (χ0v) is 11.5. The summed E-state index contributed by atoms with van der Waals surface area (Å²) < 4.78 is 2.17. The van der Waals surface area contributed by atoms with E-state index in [4.69, 9.17) is 5.73 Å². The molecule has 1 amide bonds. The Morgan fingerprint density at radius 3 is 2.72 bits per heavy atom. The fourth-order valence-electron chi connectivity index (χ4n) is 1.37. The SMILES string of the molecule is CC(C)c1nc(Br)cc(-n2cc(C(N)=O)cn2)n1. The van der Waals surface area contributed by atoms with Crippen LogP contribution >= 0.6 is 15.9 Å². The van der Waals surface area contributed by atoms with Crippen LogP contribution in [0.4, 0.5) is 0 Å². The van der Waals surface area contributed by atoms with Crippen molar-refractivity contribution in [2.75, 3.05) is 0 Å². The van der Waals surface area contributed by atoms with Gasteiger partial charge in [0.2, 0.25) is 0 Å². The number of halogens is 1. The predicted octanol–water partition coefficient (Wildman–Crippen LogP) is 1.65. The first-order valence-corrected chi connectivity index (χ1v) is 6.16. The Balaban J connectivity index is 2.46. The lowest BCUT2D eigenvalue weighted by molar-refractivity contribution is 0.100. The van der Waals surface area contributed by atoms with E-state index < -0.39 is 5.91 Å². The van der Waals surface area contributed by atoms with Crippen molar-refractivity contribution < 1.29 is 4.79 Å². The smallest absolute Gasteiger partial charge is 0.251 e. The second kappa shape index (κ2) is 4.85. The van der Waals surface area contributed by atoms with Crippen molar-refractivity contribution in [3.8, 4) is 5.82 Å². The van der Waals surface area contributed by atoms with Crippen molar-refractivity contribution in [1.29, 1.82) is 0 Å². The molecule has 0 atom stereocenters. The molecule has 0 spiro atoms. The Morgan fingerprint density at radius 1 is 1.44 bits per heavy atom. The number of primary amides is 1. The molecule has 0 saturated heterocycles. The number of rotatable bonds is 3. The molecule has 6 nitrogen and oxygen atoms in total. The van der Waals surface area contributed by atoms with Crippen LogP contribution in [0.3, 0.4) is 0 Å². The average molecular weight is 310 g/mol. The number of carbonyl (C=O) groups excluding carboxylic acids is 1. The molecule has 0 aliphatic rings. The molecule has 2 heterocycles. The highest BCUT2D eigenvalue weighted by atomic mass is 79.9. The number of nitrogens with two attached hydrogens (primary N) is 1. The van der Waals surface area contributed by atoms with E-state index in [1.807, 2.05) is 13.8 Å². The first-order chi connectivity index (χ1) is 8.47. The lowest BCUT2D eigenvalue weighted by Gasteiger charge is -2.07. The molecule has 0 fully saturated rings. The molecule has 18 heavy (non-hydrogen) atoms. The fourth-order valence-corrected chi connectivity index (χ4v) is 1.76. The first-order valence-electron chi connectivity index (χ1n) is 5.36. The second-order valence-electron chi connectivity index (χ2n) is 4.10. The van der Waals surface area contributed by atoms with Gasteiger partial charge in [-0.2, -0.15) is 5.10 Å². The van der Waals surface area contributed by atoms with Gasteiger partial charge in [-0.25, -0.2) is 14.6 Å². The molecule has 7 heteroatoms. The monoisotopic (exact) mass is 309 g/mol. The van der Waals surface area contributed by atoms with Crippen LogP contribution in [0.2, 0.25) is 0 Å². The topological polar surface area (TPSA) is 86.7 Å².